The fourth-order valence-electron chi connectivity index (χ4n) is 2.84. The van der Waals surface area contributed by atoms with Gasteiger partial charge in [0.25, 0.3) is 5.56 Å². The van der Waals surface area contributed by atoms with Crippen LogP contribution in [0.2, 0.25) is 0 Å². The summed E-state index contributed by atoms with van der Waals surface area (Å²) in [5, 5.41) is 0. The van der Waals surface area contributed by atoms with E-state index in [0.29, 0.717) is 36.6 Å². The van der Waals surface area contributed by atoms with Crippen molar-refractivity contribution >= 4 is 5.91 Å². The van der Waals surface area contributed by atoms with Crippen LogP contribution in [0.1, 0.15) is 32.0 Å². The highest BCUT2D eigenvalue weighted by Crippen LogP contribution is 2.23. The van der Waals surface area contributed by atoms with Crippen molar-refractivity contribution in [3.8, 4) is 11.4 Å². The molecular weight excluding hydrogens is 318 g/mol. The summed E-state index contributed by atoms with van der Waals surface area (Å²) in [4.78, 5) is 38.1. The predicted molar refractivity (Wildman–Crippen MR) is 94.6 cm³/mol. The smallest absolute Gasteiger partial charge is 0.254 e. The van der Waals surface area contributed by atoms with Gasteiger partial charge in [-0.25, -0.2) is 4.98 Å². The van der Waals surface area contributed by atoms with E-state index in [1.54, 1.807) is 29.4 Å². The predicted octanol–water partition coefficient (Wildman–Crippen LogP) is 1.09. The Hall–Kier alpha value is -2.54. The maximum Gasteiger partial charge on any atom is 0.254 e. The zero-order valence-electron chi connectivity index (χ0n) is 14.7. The number of aromatic nitrogens is 3. The van der Waals surface area contributed by atoms with Crippen molar-refractivity contribution in [2.45, 2.75) is 39.8 Å². The maximum absolute atomic E-state index is 12.7. The molecular formula is C18H23N5O2. The standard InChI is InChI=1S/C18H23N5O2/c1-18(2,3)14(19)17(25)23-9-6-12-13(10-23)21-15(22-16(12)24)11-4-7-20-8-5-11/h4-5,7-8,14H,6,9-10,19H2,1-3H3,(H,21,22,24)/t14-/m1/s1. The van der Waals surface area contributed by atoms with Gasteiger partial charge in [-0.1, -0.05) is 20.8 Å². The van der Waals surface area contributed by atoms with Crippen LogP contribution >= 0.6 is 0 Å². The van der Waals surface area contributed by atoms with E-state index in [1.165, 1.54) is 0 Å². The van der Waals surface area contributed by atoms with E-state index >= 15 is 0 Å². The lowest BCUT2D eigenvalue weighted by Gasteiger charge is -2.34. The Balaban J connectivity index is 1.91. The minimum atomic E-state index is -0.587. The van der Waals surface area contributed by atoms with Gasteiger partial charge in [-0.05, 0) is 24.0 Å². The highest BCUT2D eigenvalue weighted by Gasteiger charge is 2.33. The Morgan fingerprint density at radius 1 is 1.32 bits per heavy atom. The third-order valence-corrected chi connectivity index (χ3v) is 4.54. The molecule has 0 unspecified atom stereocenters. The van der Waals surface area contributed by atoms with Gasteiger partial charge in [0.15, 0.2) is 0 Å². The number of fused-ring (bicyclic) bond motifs is 1. The zero-order valence-corrected chi connectivity index (χ0v) is 14.7. The number of pyridine rings is 1. The lowest BCUT2D eigenvalue weighted by Crippen LogP contribution is -2.52. The van der Waals surface area contributed by atoms with E-state index < -0.39 is 6.04 Å². The van der Waals surface area contributed by atoms with Crippen LogP contribution in [-0.2, 0) is 17.8 Å². The van der Waals surface area contributed by atoms with Crippen molar-refractivity contribution in [2.24, 2.45) is 11.1 Å². The summed E-state index contributed by atoms with van der Waals surface area (Å²) in [6, 6.07) is 2.98. The number of nitrogens with one attached hydrogen (secondary N) is 1. The average molecular weight is 341 g/mol. The second kappa shape index (κ2) is 6.40. The van der Waals surface area contributed by atoms with Crippen LogP contribution in [-0.4, -0.2) is 38.3 Å². The van der Waals surface area contributed by atoms with E-state index in [2.05, 4.69) is 15.0 Å². The van der Waals surface area contributed by atoms with Gasteiger partial charge in [-0.15, -0.1) is 0 Å². The summed E-state index contributed by atoms with van der Waals surface area (Å²) in [7, 11) is 0. The fraction of sp³-hybridized carbons (Fsp3) is 0.444. The molecule has 0 aromatic carbocycles. The van der Waals surface area contributed by atoms with Gasteiger partial charge >= 0.3 is 0 Å². The quantitative estimate of drug-likeness (QED) is 0.851. The van der Waals surface area contributed by atoms with Crippen LogP contribution in [0.5, 0.6) is 0 Å². The maximum atomic E-state index is 12.7. The molecule has 1 aliphatic rings. The number of hydrogen-bond acceptors (Lipinski definition) is 5. The van der Waals surface area contributed by atoms with E-state index in [1.807, 2.05) is 20.8 Å². The van der Waals surface area contributed by atoms with Gasteiger partial charge < -0.3 is 15.6 Å². The van der Waals surface area contributed by atoms with Crippen LogP contribution in [0, 0.1) is 5.41 Å². The van der Waals surface area contributed by atoms with Crippen LogP contribution in [0.25, 0.3) is 11.4 Å². The van der Waals surface area contributed by atoms with Crippen molar-refractivity contribution < 1.29 is 4.79 Å². The molecule has 0 spiro atoms. The lowest BCUT2D eigenvalue weighted by atomic mass is 9.86. The van der Waals surface area contributed by atoms with Crippen LogP contribution in [0.4, 0.5) is 0 Å². The molecule has 0 fully saturated rings. The third-order valence-electron chi connectivity index (χ3n) is 4.54. The first-order valence-electron chi connectivity index (χ1n) is 8.34. The summed E-state index contributed by atoms with van der Waals surface area (Å²) in [6.07, 6.45) is 3.77. The van der Waals surface area contributed by atoms with Gasteiger partial charge in [0.1, 0.15) is 5.82 Å². The van der Waals surface area contributed by atoms with Crippen molar-refractivity contribution in [3.05, 3.63) is 46.1 Å². The molecule has 7 nitrogen and oxygen atoms in total. The Morgan fingerprint density at radius 3 is 2.64 bits per heavy atom. The normalized spacial score (nSPS) is 15.6. The molecule has 3 heterocycles. The Morgan fingerprint density at radius 2 is 2.00 bits per heavy atom. The highest BCUT2D eigenvalue weighted by atomic mass is 16.2. The number of H-pyrrole nitrogens is 1. The first-order chi connectivity index (χ1) is 11.8. The Labute approximate surface area is 146 Å². The molecule has 3 rings (SSSR count). The number of carbonyl (C=O) groups excluding carboxylic acids is 1. The van der Waals surface area contributed by atoms with Crippen LogP contribution in [0.3, 0.4) is 0 Å². The second-order valence-electron chi connectivity index (χ2n) is 7.43. The number of aromatic amines is 1. The molecule has 7 heteroatoms. The van der Waals surface area contributed by atoms with Gasteiger partial charge in [0, 0.05) is 30.1 Å². The summed E-state index contributed by atoms with van der Waals surface area (Å²) in [6.45, 7) is 6.61. The molecule has 0 saturated carbocycles. The van der Waals surface area contributed by atoms with Crippen LogP contribution in [0.15, 0.2) is 29.3 Å². The molecule has 2 aromatic rings. The monoisotopic (exact) mass is 341 g/mol. The number of carbonyl (C=O) groups is 1. The molecule has 1 amide bonds. The molecule has 0 bridgehead atoms. The number of nitrogens with zero attached hydrogens (tertiary/aromatic N) is 3. The number of rotatable bonds is 2. The highest BCUT2D eigenvalue weighted by molar-refractivity contribution is 5.82. The number of hydrogen-bond donors (Lipinski definition) is 2. The minimum Gasteiger partial charge on any atom is -0.335 e. The average Bonchev–Trinajstić information content (AvgIpc) is 2.59. The summed E-state index contributed by atoms with van der Waals surface area (Å²) >= 11 is 0. The molecule has 0 radical (unpaired) electrons. The summed E-state index contributed by atoms with van der Waals surface area (Å²) in [5.74, 6) is 0.381. The van der Waals surface area contributed by atoms with E-state index in [0.717, 1.165) is 5.56 Å². The van der Waals surface area contributed by atoms with Gasteiger partial charge in [-0.3, -0.25) is 14.6 Å². The third kappa shape index (κ3) is 3.46. The summed E-state index contributed by atoms with van der Waals surface area (Å²) < 4.78 is 0. The lowest BCUT2D eigenvalue weighted by molar-refractivity contribution is -0.136. The topological polar surface area (TPSA) is 105 Å². The van der Waals surface area contributed by atoms with E-state index in [9.17, 15) is 9.59 Å². The summed E-state index contributed by atoms with van der Waals surface area (Å²) in [5.41, 5.74) is 7.70. The largest absolute Gasteiger partial charge is 0.335 e. The molecule has 3 N–H and O–H groups in total. The molecule has 1 atom stereocenters. The first kappa shape index (κ1) is 17.3. The number of amides is 1. The SMILES string of the molecule is CC(C)(C)[C@H](N)C(=O)N1CCc2c(nc(-c3ccncc3)[nH]c2=O)C1. The second-order valence-corrected chi connectivity index (χ2v) is 7.43. The van der Waals surface area contributed by atoms with Crippen molar-refractivity contribution in [1.29, 1.82) is 0 Å². The van der Waals surface area contributed by atoms with Crippen molar-refractivity contribution in [3.63, 3.8) is 0 Å². The molecule has 132 valence electrons. The molecule has 1 aliphatic heterocycles. The molecule has 2 aromatic heterocycles. The Bertz CT molecular complexity index is 839. The van der Waals surface area contributed by atoms with Gasteiger partial charge in [-0.2, -0.15) is 0 Å². The number of nitrogens with two attached hydrogens (primary N) is 1. The fourth-order valence-corrected chi connectivity index (χ4v) is 2.84. The van der Waals surface area contributed by atoms with Crippen LogP contribution < -0.4 is 11.3 Å². The Kier molecular flexibility index (Phi) is 4.43. The van der Waals surface area contributed by atoms with Gasteiger partial charge in [0.05, 0.1) is 18.3 Å². The molecule has 0 aliphatic carbocycles. The first-order valence-corrected chi connectivity index (χ1v) is 8.34. The zero-order chi connectivity index (χ0) is 18.2. The molecule has 25 heavy (non-hydrogen) atoms. The van der Waals surface area contributed by atoms with E-state index in [4.69, 9.17) is 5.73 Å². The van der Waals surface area contributed by atoms with Gasteiger partial charge in [0.2, 0.25) is 5.91 Å². The minimum absolute atomic E-state index is 0.106. The van der Waals surface area contributed by atoms with E-state index in [-0.39, 0.29) is 16.9 Å². The van der Waals surface area contributed by atoms with Crippen molar-refractivity contribution in [1.82, 2.24) is 19.9 Å². The van der Waals surface area contributed by atoms with Crippen molar-refractivity contribution in [2.75, 3.05) is 6.54 Å². The molecule has 0 saturated heterocycles.